The summed E-state index contributed by atoms with van der Waals surface area (Å²) in [6.07, 6.45) is 0.888. The first kappa shape index (κ1) is 22.8. The number of benzene rings is 1. The van der Waals surface area contributed by atoms with Crippen molar-refractivity contribution >= 4 is 34.1 Å². The molecular weight excluding hydrogens is 406 g/mol. The number of Topliss-reactive ketones (excluding diaryl/α,β-unsaturated/α-hetero) is 1. The molecule has 0 bridgehead atoms. The van der Waals surface area contributed by atoms with Crippen LogP contribution in [0.15, 0.2) is 29.2 Å². The second kappa shape index (κ2) is 9.32. The van der Waals surface area contributed by atoms with E-state index in [2.05, 4.69) is 0 Å². The fourth-order valence-electron chi connectivity index (χ4n) is 3.42. The van der Waals surface area contributed by atoms with Crippen LogP contribution in [0.25, 0.3) is 0 Å². The van der Waals surface area contributed by atoms with E-state index in [1.807, 2.05) is 0 Å². The zero-order valence-electron chi connectivity index (χ0n) is 15.7. The second-order valence-electron chi connectivity index (χ2n) is 6.87. The molecular formula is C18H26ClN3O5S. The lowest BCUT2D eigenvalue weighted by Crippen LogP contribution is -2.52. The predicted molar refractivity (Wildman–Crippen MR) is 106 cm³/mol. The number of piperazine rings is 1. The first-order valence-corrected chi connectivity index (χ1v) is 10.5. The average Bonchev–Trinajstić information content (AvgIpc) is 3.17. The zero-order chi connectivity index (χ0) is 19.6. The molecule has 2 aliphatic heterocycles. The highest BCUT2D eigenvalue weighted by molar-refractivity contribution is 7.89. The highest BCUT2D eigenvalue weighted by Crippen LogP contribution is 2.23. The Morgan fingerprint density at radius 1 is 1.11 bits per heavy atom. The summed E-state index contributed by atoms with van der Waals surface area (Å²) in [6.45, 7) is 2.96. The van der Waals surface area contributed by atoms with E-state index < -0.39 is 16.1 Å². The number of nitrogens with two attached hydrogens (primary N) is 1. The van der Waals surface area contributed by atoms with Gasteiger partial charge in [-0.25, -0.2) is 8.42 Å². The molecule has 0 aromatic heterocycles. The Labute approximate surface area is 171 Å². The van der Waals surface area contributed by atoms with Gasteiger partial charge in [0.15, 0.2) is 5.78 Å². The highest BCUT2D eigenvalue weighted by Gasteiger charge is 2.36. The first-order chi connectivity index (χ1) is 12.8. The van der Waals surface area contributed by atoms with E-state index in [0.717, 1.165) is 6.42 Å². The summed E-state index contributed by atoms with van der Waals surface area (Å²) in [7, 11) is -3.65. The molecule has 2 heterocycles. The van der Waals surface area contributed by atoms with E-state index in [4.69, 9.17) is 10.5 Å². The summed E-state index contributed by atoms with van der Waals surface area (Å²) in [5.74, 6) is -0.203. The van der Waals surface area contributed by atoms with Crippen LogP contribution in [0.2, 0.25) is 0 Å². The molecule has 2 N–H and O–H groups in total. The molecule has 0 spiro atoms. The number of ketones is 1. The van der Waals surface area contributed by atoms with Crippen molar-refractivity contribution < 1.29 is 22.7 Å². The number of sulfonamides is 1. The number of ether oxygens (including phenoxy) is 1. The molecule has 10 heteroatoms. The molecule has 2 aliphatic rings. The Balaban J connectivity index is 0.00000280. The summed E-state index contributed by atoms with van der Waals surface area (Å²) >= 11 is 0. The van der Waals surface area contributed by atoms with E-state index in [-0.39, 0.29) is 48.2 Å². The molecule has 28 heavy (non-hydrogen) atoms. The van der Waals surface area contributed by atoms with Crippen molar-refractivity contribution in [1.82, 2.24) is 9.21 Å². The molecule has 2 fully saturated rings. The van der Waals surface area contributed by atoms with Crippen LogP contribution in [0.5, 0.6) is 0 Å². The summed E-state index contributed by atoms with van der Waals surface area (Å²) < 4.78 is 32.6. The quantitative estimate of drug-likeness (QED) is 0.685. The fourth-order valence-corrected chi connectivity index (χ4v) is 4.85. The monoisotopic (exact) mass is 431 g/mol. The normalized spacial score (nSPS) is 23.3. The third kappa shape index (κ3) is 4.72. The molecule has 0 unspecified atom stereocenters. The molecule has 2 atom stereocenters. The number of carbonyl (C=O) groups is 2. The molecule has 0 aliphatic carbocycles. The Bertz CT molecular complexity index is 807. The van der Waals surface area contributed by atoms with Gasteiger partial charge < -0.3 is 15.4 Å². The van der Waals surface area contributed by atoms with E-state index in [1.165, 1.54) is 35.5 Å². The predicted octanol–water partition coefficient (Wildman–Crippen LogP) is 0.650. The van der Waals surface area contributed by atoms with Gasteiger partial charge in [0.25, 0.3) is 5.91 Å². The van der Waals surface area contributed by atoms with Crippen molar-refractivity contribution in [3.05, 3.63) is 29.8 Å². The molecule has 1 aromatic rings. The van der Waals surface area contributed by atoms with Crippen molar-refractivity contribution in [2.45, 2.75) is 36.9 Å². The first-order valence-electron chi connectivity index (χ1n) is 9.08. The Morgan fingerprint density at radius 2 is 1.71 bits per heavy atom. The van der Waals surface area contributed by atoms with Gasteiger partial charge in [0.05, 0.1) is 11.0 Å². The van der Waals surface area contributed by atoms with Gasteiger partial charge in [-0.15, -0.1) is 12.4 Å². The Kier molecular flexibility index (Phi) is 7.58. The minimum Gasteiger partial charge on any atom is -0.364 e. The fraction of sp³-hybridized carbons (Fsp3) is 0.556. The standard InChI is InChI=1S/C18H25N3O5S.ClH/c1-13(22)14-2-5-16(6-3-14)27(24,25)21-10-8-20(9-11-21)18(23)17-7-4-15(12-19)26-17;/h2-3,5-6,15,17H,4,7-12,19H2,1H3;1H/t15-,17+;/m1./s1. The number of halogens is 1. The SMILES string of the molecule is CC(=O)c1ccc(S(=O)(=O)N2CCN(C(=O)[C@@H]3CC[C@H](CN)O3)CC2)cc1.Cl. The van der Waals surface area contributed by atoms with Gasteiger partial charge in [0.1, 0.15) is 6.10 Å². The molecule has 156 valence electrons. The number of hydrogen-bond acceptors (Lipinski definition) is 6. The van der Waals surface area contributed by atoms with E-state index in [1.54, 1.807) is 4.90 Å². The summed E-state index contributed by atoms with van der Waals surface area (Å²) in [6, 6.07) is 5.92. The lowest BCUT2D eigenvalue weighted by atomic mass is 10.1. The average molecular weight is 432 g/mol. The number of carbonyl (C=O) groups excluding carboxylic acids is 2. The lowest BCUT2D eigenvalue weighted by Gasteiger charge is -2.35. The highest BCUT2D eigenvalue weighted by atomic mass is 35.5. The van der Waals surface area contributed by atoms with Crippen LogP contribution in [0, 0.1) is 0 Å². The number of amides is 1. The van der Waals surface area contributed by atoms with Crippen LogP contribution in [0.1, 0.15) is 30.1 Å². The van der Waals surface area contributed by atoms with Crippen LogP contribution < -0.4 is 5.73 Å². The van der Waals surface area contributed by atoms with Crippen molar-refractivity contribution in [3.8, 4) is 0 Å². The van der Waals surface area contributed by atoms with Gasteiger partial charge in [0.2, 0.25) is 10.0 Å². The Morgan fingerprint density at radius 3 is 2.21 bits per heavy atom. The molecule has 0 radical (unpaired) electrons. The van der Waals surface area contributed by atoms with Crippen molar-refractivity contribution in [2.75, 3.05) is 32.7 Å². The van der Waals surface area contributed by atoms with Crippen molar-refractivity contribution in [3.63, 3.8) is 0 Å². The second-order valence-corrected chi connectivity index (χ2v) is 8.81. The van der Waals surface area contributed by atoms with Gasteiger partial charge in [0, 0.05) is 38.3 Å². The van der Waals surface area contributed by atoms with Gasteiger partial charge in [-0.05, 0) is 31.9 Å². The number of hydrogen-bond donors (Lipinski definition) is 1. The summed E-state index contributed by atoms with van der Waals surface area (Å²) in [5, 5.41) is 0. The smallest absolute Gasteiger partial charge is 0.251 e. The maximum Gasteiger partial charge on any atom is 0.251 e. The van der Waals surface area contributed by atoms with Crippen LogP contribution in [0.4, 0.5) is 0 Å². The third-order valence-electron chi connectivity index (χ3n) is 5.09. The largest absolute Gasteiger partial charge is 0.364 e. The van der Waals surface area contributed by atoms with Crippen LogP contribution in [-0.4, -0.2) is 74.2 Å². The van der Waals surface area contributed by atoms with Crippen LogP contribution in [0.3, 0.4) is 0 Å². The van der Waals surface area contributed by atoms with E-state index >= 15 is 0 Å². The van der Waals surface area contributed by atoms with Crippen LogP contribution >= 0.6 is 12.4 Å². The van der Waals surface area contributed by atoms with E-state index in [9.17, 15) is 18.0 Å². The molecule has 2 saturated heterocycles. The van der Waals surface area contributed by atoms with E-state index in [0.29, 0.717) is 31.6 Å². The van der Waals surface area contributed by atoms with Crippen LogP contribution in [-0.2, 0) is 19.6 Å². The van der Waals surface area contributed by atoms with Gasteiger partial charge >= 0.3 is 0 Å². The molecule has 1 aromatic carbocycles. The topological polar surface area (TPSA) is 110 Å². The third-order valence-corrected chi connectivity index (χ3v) is 7.01. The zero-order valence-corrected chi connectivity index (χ0v) is 17.4. The molecule has 1 amide bonds. The van der Waals surface area contributed by atoms with Crippen molar-refractivity contribution in [2.24, 2.45) is 5.73 Å². The molecule has 0 saturated carbocycles. The lowest BCUT2D eigenvalue weighted by molar-refractivity contribution is -0.143. The molecule has 8 nitrogen and oxygen atoms in total. The van der Waals surface area contributed by atoms with Gasteiger partial charge in [-0.3, -0.25) is 9.59 Å². The maximum atomic E-state index is 12.8. The maximum absolute atomic E-state index is 12.8. The number of rotatable bonds is 5. The Hall–Kier alpha value is -1.52. The summed E-state index contributed by atoms with van der Waals surface area (Å²) in [4.78, 5) is 25.7. The summed E-state index contributed by atoms with van der Waals surface area (Å²) in [5.41, 5.74) is 6.05. The minimum absolute atomic E-state index is 0. The van der Waals surface area contributed by atoms with Gasteiger partial charge in [-0.1, -0.05) is 12.1 Å². The minimum atomic E-state index is -3.65. The molecule has 3 rings (SSSR count). The van der Waals surface area contributed by atoms with Crippen molar-refractivity contribution in [1.29, 1.82) is 0 Å². The number of nitrogens with zero attached hydrogens (tertiary/aromatic N) is 2. The van der Waals surface area contributed by atoms with Gasteiger partial charge in [-0.2, -0.15) is 4.31 Å².